The highest BCUT2D eigenvalue weighted by molar-refractivity contribution is 7.80. The van der Waals surface area contributed by atoms with Crippen LogP contribution in [0.15, 0.2) is 40.8 Å². The van der Waals surface area contributed by atoms with Crippen LogP contribution in [-0.2, 0) is 0 Å². The van der Waals surface area contributed by atoms with Gasteiger partial charge < -0.3 is 5.32 Å². The van der Waals surface area contributed by atoms with E-state index < -0.39 is 0 Å². The lowest BCUT2D eigenvalue weighted by molar-refractivity contribution is 0.814. The van der Waals surface area contributed by atoms with Crippen LogP contribution in [0.5, 0.6) is 0 Å². The van der Waals surface area contributed by atoms with Gasteiger partial charge in [0.05, 0.1) is 0 Å². The number of hydrogen-bond donors (Lipinski definition) is 2. The zero-order chi connectivity index (χ0) is 12.7. The number of allylic oxidation sites excluding steroid dienone is 1. The highest BCUT2D eigenvalue weighted by atomic mass is 32.1. The number of rotatable bonds is 5. The minimum Gasteiger partial charge on any atom is -0.310 e. The molecular weight excluding hydrogens is 226 g/mol. The van der Waals surface area contributed by atoms with Gasteiger partial charge in [0.1, 0.15) is 0 Å². The molecule has 0 saturated heterocycles. The summed E-state index contributed by atoms with van der Waals surface area (Å²) in [4.78, 5) is 1.05. The summed E-state index contributed by atoms with van der Waals surface area (Å²) in [5.74, 6) is 0. The van der Waals surface area contributed by atoms with Crippen molar-refractivity contribution in [2.45, 2.75) is 25.7 Å². The molecule has 0 atom stereocenters. The van der Waals surface area contributed by atoms with E-state index in [9.17, 15) is 0 Å². The van der Waals surface area contributed by atoms with E-state index >= 15 is 0 Å². The highest BCUT2D eigenvalue weighted by Gasteiger charge is 1.93. The topological polar surface area (TPSA) is 12.0 Å². The number of aryl methyl sites for hydroxylation is 1. The standard InChI is InChI=1S/C15H21NS/c1-4-12(2)11-16-9-5-6-14-8-7-13(3)15(17)10-14/h4-8,10,16-17H,9,11H2,1-3H3/b6-5+,12-4+. The Morgan fingerprint density at radius 3 is 2.82 bits per heavy atom. The molecule has 1 aromatic rings. The zero-order valence-corrected chi connectivity index (χ0v) is 11.7. The van der Waals surface area contributed by atoms with Crippen molar-refractivity contribution < 1.29 is 0 Å². The third-order valence-corrected chi connectivity index (χ3v) is 3.18. The fourth-order valence-electron chi connectivity index (χ4n) is 1.38. The van der Waals surface area contributed by atoms with Crippen LogP contribution in [0.25, 0.3) is 6.08 Å². The van der Waals surface area contributed by atoms with E-state index in [2.05, 4.69) is 75.1 Å². The first-order valence-corrected chi connectivity index (χ1v) is 6.37. The fourth-order valence-corrected chi connectivity index (χ4v) is 1.60. The zero-order valence-electron chi connectivity index (χ0n) is 10.8. The molecule has 0 aliphatic carbocycles. The minimum absolute atomic E-state index is 0.890. The molecule has 0 aromatic heterocycles. The molecule has 0 amide bonds. The molecule has 17 heavy (non-hydrogen) atoms. The molecule has 92 valence electrons. The molecule has 0 aliphatic rings. The molecular formula is C15H21NS. The molecule has 0 fully saturated rings. The van der Waals surface area contributed by atoms with Gasteiger partial charge in [0.2, 0.25) is 0 Å². The molecule has 0 aliphatic heterocycles. The van der Waals surface area contributed by atoms with Gasteiger partial charge in [-0.2, -0.15) is 0 Å². The third-order valence-electron chi connectivity index (χ3n) is 2.70. The Bertz CT molecular complexity index is 419. The molecule has 1 N–H and O–H groups in total. The Morgan fingerprint density at radius 2 is 2.18 bits per heavy atom. The average Bonchev–Trinajstić information content (AvgIpc) is 2.33. The predicted octanol–water partition coefficient (Wildman–Crippen LogP) is 3.85. The first-order chi connectivity index (χ1) is 8.13. The normalized spacial score (nSPS) is 12.4. The Hall–Kier alpha value is -0.990. The predicted molar refractivity (Wildman–Crippen MR) is 79.8 cm³/mol. The average molecular weight is 247 g/mol. The van der Waals surface area contributed by atoms with E-state index in [0.29, 0.717) is 0 Å². The van der Waals surface area contributed by atoms with Gasteiger partial charge in [0.15, 0.2) is 0 Å². The van der Waals surface area contributed by atoms with Crippen molar-refractivity contribution >= 4 is 18.7 Å². The largest absolute Gasteiger partial charge is 0.310 e. The van der Waals surface area contributed by atoms with Gasteiger partial charge in [0, 0.05) is 18.0 Å². The smallest absolute Gasteiger partial charge is 0.0164 e. The van der Waals surface area contributed by atoms with Gasteiger partial charge in [-0.3, -0.25) is 0 Å². The second kappa shape index (κ2) is 7.36. The molecule has 1 nitrogen and oxygen atoms in total. The Balaban J connectivity index is 2.40. The molecule has 1 rings (SSSR count). The van der Waals surface area contributed by atoms with Crippen LogP contribution >= 0.6 is 12.6 Å². The lowest BCUT2D eigenvalue weighted by Gasteiger charge is -2.02. The summed E-state index contributed by atoms with van der Waals surface area (Å²) in [6.45, 7) is 8.10. The lowest BCUT2D eigenvalue weighted by atomic mass is 10.1. The molecule has 0 unspecified atom stereocenters. The van der Waals surface area contributed by atoms with Crippen molar-refractivity contribution in [3.05, 3.63) is 47.1 Å². The Labute approximate surface area is 110 Å². The molecule has 0 spiro atoms. The van der Waals surface area contributed by atoms with Gasteiger partial charge in [-0.15, -0.1) is 12.6 Å². The molecule has 0 bridgehead atoms. The van der Waals surface area contributed by atoms with E-state index in [4.69, 9.17) is 0 Å². The van der Waals surface area contributed by atoms with Crippen LogP contribution < -0.4 is 5.32 Å². The maximum atomic E-state index is 4.41. The van der Waals surface area contributed by atoms with Gasteiger partial charge in [0.25, 0.3) is 0 Å². The molecule has 0 heterocycles. The summed E-state index contributed by atoms with van der Waals surface area (Å²) in [5, 5.41) is 3.36. The van der Waals surface area contributed by atoms with E-state index in [1.165, 1.54) is 16.7 Å². The maximum Gasteiger partial charge on any atom is 0.0164 e. The minimum atomic E-state index is 0.890. The van der Waals surface area contributed by atoms with Gasteiger partial charge in [-0.05, 0) is 38.0 Å². The number of benzene rings is 1. The van der Waals surface area contributed by atoms with E-state index in [-0.39, 0.29) is 0 Å². The van der Waals surface area contributed by atoms with Gasteiger partial charge in [-0.25, -0.2) is 0 Å². The highest BCUT2D eigenvalue weighted by Crippen LogP contribution is 2.15. The fraction of sp³-hybridized carbons (Fsp3) is 0.333. The van der Waals surface area contributed by atoms with Crippen molar-refractivity contribution in [3.8, 4) is 0 Å². The van der Waals surface area contributed by atoms with Crippen molar-refractivity contribution in [2.24, 2.45) is 0 Å². The first kappa shape index (κ1) is 14.1. The molecule has 0 radical (unpaired) electrons. The van der Waals surface area contributed by atoms with Crippen LogP contribution in [0.3, 0.4) is 0 Å². The summed E-state index contributed by atoms with van der Waals surface area (Å²) < 4.78 is 0. The van der Waals surface area contributed by atoms with E-state index in [0.717, 1.165) is 18.0 Å². The number of nitrogens with one attached hydrogen (secondary N) is 1. The molecule has 0 saturated carbocycles. The van der Waals surface area contributed by atoms with E-state index in [1.807, 2.05) is 0 Å². The molecule has 2 heteroatoms. The van der Waals surface area contributed by atoms with Crippen molar-refractivity contribution in [2.75, 3.05) is 13.1 Å². The summed E-state index contributed by atoms with van der Waals surface area (Å²) >= 11 is 4.41. The van der Waals surface area contributed by atoms with Crippen molar-refractivity contribution in [3.63, 3.8) is 0 Å². The van der Waals surface area contributed by atoms with Crippen LogP contribution in [0.1, 0.15) is 25.0 Å². The second-order valence-corrected chi connectivity index (χ2v) is 4.70. The van der Waals surface area contributed by atoms with E-state index in [1.54, 1.807) is 0 Å². The number of thiol groups is 1. The maximum absolute atomic E-state index is 4.41. The summed E-state index contributed by atoms with van der Waals surface area (Å²) in [6, 6.07) is 6.30. The SMILES string of the molecule is C/C=C(\C)CNC/C=C/c1ccc(C)c(S)c1. The third kappa shape index (κ3) is 5.24. The van der Waals surface area contributed by atoms with Crippen LogP contribution in [0.2, 0.25) is 0 Å². The monoisotopic (exact) mass is 247 g/mol. The lowest BCUT2D eigenvalue weighted by Crippen LogP contribution is -2.15. The van der Waals surface area contributed by atoms with Crippen LogP contribution in [-0.4, -0.2) is 13.1 Å². The second-order valence-electron chi connectivity index (χ2n) is 4.21. The van der Waals surface area contributed by atoms with Gasteiger partial charge >= 0.3 is 0 Å². The molecule has 1 aromatic carbocycles. The van der Waals surface area contributed by atoms with Gasteiger partial charge in [-0.1, -0.05) is 35.9 Å². The van der Waals surface area contributed by atoms with Crippen LogP contribution in [0.4, 0.5) is 0 Å². The Kier molecular flexibility index (Phi) is 6.09. The van der Waals surface area contributed by atoms with Crippen molar-refractivity contribution in [1.29, 1.82) is 0 Å². The summed E-state index contributed by atoms with van der Waals surface area (Å²) in [7, 11) is 0. The van der Waals surface area contributed by atoms with Crippen molar-refractivity contribution in [1.82, 2.24) is 5.32 Å². The first-order valence-electron chi connectivity index (χ1n) is 5.92. The van der Waals surface area contributed by atoms with Crippen LogP contribution in [0, 0.1) is 6.92 Å². The number of hydrogen-bond acceptors (Lipinski definition) is 2. The Morgan fingerprint density at radius 1 is 1.41 bits per heavy atom. The summed E-state index contributed by atoms with van der Waals surface area (Å²) in [5.41, 5.74) is 3.78. The quantitative estimate of drug-likeness (QED) is 0.457. The summed E-state index contributed by atoms with van der Waals surface area (Å²) in [6.07, 6.45) is 6.39.